The molecular formula is C14H21BrN2O3. The highest BCUT2D eigenvalue weighted by atomic mass is 79.9. The molecule has 112 valence electrons. The summed E-state index contributed by atoms with van der Waals surface area (Å²) in [5.74, 6) is 0.584. The van der Waals surface area contributed by atoms with Crippen LogP contribution in [0.2, 0.25) is 0 Å². The first-order valence-corrected chi connectivity index (χ1v) is 7.18. The van der Waals surface area contributed by atoms with E-state index in [4.69, 9.17) is 4.74 Å². The van der Waals surface area contributed by atoms with E-state index in [9.17, 15) is 9.90 Å². The maximum Gasteiger partial charge on any atom is 0.322 e. The van der Waals surface area contributed by atoms with Gasteiger partial charge < -0.3 is 20.1 Å². The molecule has 2 amide bonds. The Hall–Kier alpha value is -1.27. The van der Waals surface area contributed by atoms with E-state index < -0.39 is 5.60 Å². The van der Waals surface area contributed by atoms with Crippen LogP contribution in [-0.4, -0.2) is 41.8 Å². The summed E-state index contributed by atoms with van der Waals surface area (Å²) in [4.78, 5) is 13.8. The zero-order valence-corrected chi connectivity index (χ0v) is 13.8. The lowest BCUT2D eigenvalue weighted by atomic mass is 10.1. The standard InChI is InChI=1S/C14H21BrN2O3/c1-5-17(9-14(2,3)19)13(18)16-11-8-10(15)6-7-12(11)20-4/h6-8,19H,5,9H2,1-4H3,(H,16,18). The Morgan fingerprint density at radius 2 is 2.15 bits per heavy atom. The van der Waals surface area contributed by atoms with E-state index in [2.05, 4.69) is 21.2 Å². The molecule has 0 spiro atoms. The number of ether oxygens (including phenoxy) is 1. The molecule has 0 aliphatic carbocycles. The Bertz CT molecular complexity index is 472. The highest BCUT2D eigenvalue weighted by Gasteiger charge is 2.22. The van der Waals surface area contributed by atoms with Gasteiger partial charge in [-0.2, -0.15) is 0 Å². The largest absolute Gasteiger partial charge is 0.495 e. The van der Waals surface area contributed by atoms with E-state index in [1.807, 2.05) is 13.0 Å². The minimum atomic E-state index is -0.936. The molecule has 0 aliphatic rings. The normalized spacial score (nSPS) is 11.1. The van der Waals surface area contributed by atoms with E-state index in [0.29, 0.717) is 18.0 Å². The van der Waals surface area contributed by atoms with Crippen molar-refractivity contribution in [1.82, 2.24) is 4.90 Å². The zero-order chi connectivity index (χ0) is 15.3. The number of methoxy groups -OCH3 is 1. The van der Waals surface area contributed by atoms with Crippen molar-refractivity contribution in [3.63, 3.8) is 0 Å². The predicted octanol–water partition coefficient (Wildman–Crippen LogP) is 3.08. The van der Waals surface area contributed by atoms with Crippen LogP contribution in [0.15, 0.2) is 22.7 Å². The van der Waals surface area contributed by atoms with Gasteiger partial charge in [0.05, 0.1) is 24.9 Å². The van der Waals surface area contributed by atoms with E-state index in [1.165, 1.54) is 0 Å². The van der Waals surface area contributed by atoms with Crippen LogP contribution in [0.5, 0.6) is 5.75 Å². The van der Waals surface area contributed by atoms with Crippen molar-refractivity contribution in [2.24, 2.45) is 0 Å². The van der Waals surface area contributed by atoms with Crippen molar-refractivity contribution in [2.45, 2.75) is 26.4 Å². The quantitative estimate of drug-likeness (QED) is 0.862. The van der Waals surface area contributed by atoms with Crippen molar-refractivity contribution >= 4 is 27.6 Å². The lowest BCUT2D eigenvalue weighted by Gasteiger charge is -2.28. The number of hydrogen-bond acceptors (Lipinski definition) is 3. The van der Waals surface area contributed by atoms with Crippen molar-refractivity contribution in [3.8, 4) is 5.75 Å². The fourth-order valence-corrected chi connectivity index (χ4v) is 2.13. The summed E-state index contributed by atoms with van der Waals surface area (Å²) < 4.78 is 6.06. The number of benzene rings is 1. The van der Waals surface area contributed by atoms with Gasteiger partial charge in [0.1, 0.15) is 5.75 Å². The number of likely N-dealkylation sites (N-methyl/N-ethyl adjacent to an activating group) is 1. The molecule has 0 atom stereocenters. The van der Waals surface area contributed by atoms with Crippen LogP contribution in [0.1, 0.15) is 20.8 Å². The molecule has 0 unspecified atom stereocenters. The fraction of sp³-hybridized carbons (Fsp3) is 0.500. The number of anilines is 1. The number of carbonyl (C=O) groups excluding carboxylic acids is 1. The Morgan fingerprint density at radius 3 is 2.65 bits per heavy atom. The summed E-state index contributed by atoms with van der Waals surface area (Å²) in [7, 11) is 1.55. The molecule has 0 radical (unpaired) electrons. The second-order valence-electron chi connectivity index (χ2n) is 5.10. The lowest BCUT2D eigenvalue weighted by molar-refractivity contribution is 0.0501. The Kier molecular flexibility index (Phi) is 5.83. The van der Waals surface area contributed by atoms with Gasteiger partial charge in [-0.15, -0.1) is 0 Å². The van der Waals surface area contributed by atoms with Crippen LogP contribution in [-0.2, 0) is 0 Å². The molecule has 1 aromatic carbocycles. The molecule has 0 saturated heterocycles. The molecule has 5 nitrogen and oxygen atoms in total. The molecule has 1 aromatic rings. The van der Waals surface area contributed by atoms with E-state index >= 15 is 0 Å². The average Bonchev–Trinajstić information content (AvgIpc) is 2.35. The number of halogens is 1. The van der Waals surface area contributed by atoms with Crippen molar-refractivity contribution < 1.29 is 14.6 Å². The lowest BCUT2D eigenvalue weighted by Crippen LogP contribution is -2.44. The number of carbonyl (C=O) groups is 1. The van der Waals surface area contributed by atoms with Gasteiger partial charge in [-0.3, -0.25) is 0 Å². The highest BCUT2D eigenvalue weighted by molar-refractivity contribution is 9.10. The van der Waals surface area contributed by atoms with E-state index in [1.54, 1.807) is 38.0 Å². The van der Waals surface area contributed by atoms with E-state index in [-0.39, 0.29) is 12.6 Å². The maximum atomic E-state index is 12.2. The van der Waals surface area contributed by atoms with Gasteiger partial charge in [0.15, 0.2) is 0 Å². The van der Waals surface area contributed by atoms with Crippen LogP contribution >= 0.6 is 15.9 Å². The third-order valence-corrected chi connectivity index (χ3v) is 3.14. The van der Waals surface area contributed by atoms with Gasteiger partial charge in [0, 0.05) is 11.0 Å². The first-order valence-electron chi connectivity index (χ1n) is 6.38. The summed E-state index contributed by atoms with van der Waals surface area (Å²) in [5, 5.41) is 12.6. The van der Waals surface area contributed by atoms with Crippen LogP contribution in [0, 0.1) is 0 Å². The number of amides is 2. The molecule has 0 heterocycles. The molecule has 20 heavy (non-hydrogen) atoms. The van der Waals surface area contributed by atoms with Crippen LogP contribution in [0.4, 0.5) is 10.5 Å². The van der Waals surface area contributed by atoms with Gasteiger partial charge in [0.2, 0.25) is 0 Å². The van der Waals surface area contributed by atoms with Gasteiger partial charge in [-0.1, -0.05) is 15.9 Å². The third kappa shape index (κ3) is 5.02. The van der Waals surface area contributed by atoms with Crippen molar-refractivity contribution in [3.05, 3.63) is 22.7 Å². The van der Waals surface area contributed by atoms with Crippen molar-refractivity contribution in [2.75, 3.05) is 25.5 Å². The number of nitrogens with zero attached hydrogens (tertiary/aromatic N) is 1. The number of rotatable bonds is 5. The van der Waals surface area contributed by atoms with Crippen LogP contribution in [0.25, 0.3) is 0 Å². The molecule has 6 heteroatoms. The molecule has 0 aromatic heterocycles. The van der Waals surface area contributed by atoms with Crippen LogP contribution in [0.3, 0.4) is 0 Å². The van der Waals surface area contributed by atoms with Gasteiger partial charge >= 0.3 is 6.03 Å². The van der Waals surface area contributed by atoms with Gasteiger partial charge in [-0.05, 0) is 39.0 Å². The molecular weight excluding hydrogens is 324 g/mol. The average molecular weight is 345 g/mol. The van der Waals surface area contributed by atoms with E-state index in [0.717, 1.165) is 4.47 Å². The Balaban J connectivity index is 2.86. The minimum absolute atomic E-state index is 0.256. The monoisotopic (exact) mass is 344 g/mol. The predicted molar refractivity (Wildman–Crippen MR) is 83.3 cm³/mol. The second-order valence-corrected chi connectivity index (χ2v) is 6.02. The molecule has 0 aliphatic heterocycles. The summed E-state index contributed by atoms with van der Waals surface area (Å²) >= 11 is 3.36. The molecule has 0 saturated carbocycles. The fourth-order valence-electron chi connectivity index (χ4n) is 1.77. The van der Waals surface area contributed by atoms with Gasteiger partial charge in [0.25, 0.3) is 0 Å². The number of urea groups is 1. The first-order chi connectivity index (χ1) is 9.26. The van der Waals surface area contributed by atoms with Crippen molar-refractivity contribution in [1.29, 1.82) is 0 Å². The highest BCUT2D eigenvalue weighted by Crippen LogP contribution is 2.28. The summed E-state index contributed by atoms with van der Waals surface area (Å²) in [6, 6.07) is 5.11. The molecule has 0 bridgehead atoms. The third-order valence-electron chi connectivity index (χ3n) is 2.65. The molecule has 1 rings (SSSR count). The number of aliphatic hydroxyl groups is 1. The van der Waals surface area contributed by atoms with Crippen LogP contribution < -0.4 is 10.1 Å². The van der Waals surface area contributed by atoms with Gasteiger partial charge in [-0.25, -0.2) is 4.79 Å². The Labute approximate surface area is 128 Å². The zero-order valence-electron chi connectivity index (χ0n) is 12.2. The number of hydrogen-bond donors (Lipinski definition) is 2. The summed E-state index contributed by atoms with van der Waals surface area (Å²) in [6.07, 6.45) is 0. The number of nitrogens with one attached hydrogen (secondary N) is 1. The topological polar surface area (TPSA) is 61.8 Å². The molecule has 2 N–H and O–H groups in total. The first kappa shape index (κ1) is 16.8. The molecule has 0 fully saturated rings. The summed E-state index contributed by atoms with van der Waals surface area (Å²) in [5.41, 5.74) is -0.351. The maximum absolute atomic E-state index is 12.2. The SMILES string of the molecule is CCN(CC(C)(C)O)C(=O)Nc1cc(Br)ccc1OC. The minimum Gasteiger partial charge on any atom is -0.495 e. The smallest absolute Gasteiger partial charge is 0.322 e. The second kappa shape index (κ2) is 6.95. The Morgan fingerprint density at radius 1 is 1.50 bits per heavy atom. The summed E-state index contributed by atoms with van der Waals surface area (Å²) in [6.45, 7) is 5.96.